The number of carbonyl (C=O) groups excluding carboxylic acids is 1. The highest BCUT2D eigenvalue weighted by Gasteiger charge is 2.45. The van der Waals surface area contributed by atoms with Crippen molar-refractivity contribution in [1.82, 2.24) is 0 Å². The highest BCUT2D eigenvalue weighted by molar-refractivity contribution is 5.63. The number of hydrogen-bond acceptors (Lipinski definition) is 5. The minimum Gasteiger partial charge on any atom is -0.493 e. The third kappa shape index (κ3) is 1.72. The fraction of sp³-hybridized carbons (Fsp3) is 0.545. The molecule has 5 nitrogen and oxygen atoms in total. The molecule has 90 valence electrons. The Hall–Kier alpha value is -1.33. The van der Waals surface area contributed by atoms with Gasteiger partial charge in [0.15, 0.2) is 17.2 Å². The summed E-state index contributed by atoms with van der Waals surface area (Å²) in [4.78, 5) is 11.0. The van der Waals surface area contributed by atoms with Crippen molar-refractivity contribution in [3.8, 4) is 0 Å². The summed E-state index contributed by atoms with van der Waals surface area (Å²) in [6, 6.07) is 0. The standard InChI is InChI=1S/C11H17NO4/c1-7-5-8(6-13)11(12,16-4)10(15-3)9(7)14-2/h5-6,8H,12H2,1-4H3. The lowest BCUT2D eigenvalue weighted by Crippen LogP contribution is -2.53. The SMILES string of the molecule is COC1=C(OC)C(N)(OC)C(C=O)C=C1C. The van der Waals surface area contributed by atoms with Gasteiger partial charge in [0.05, 0.1) is 20.1 Å². The number of carbonyl (C=O) groups is 1. The molecule has 0 bridgehead atoms. The predicted octanol–water partition coefficient (Wildman–Crippen LogP) is 0.567. The molecule has 0 saturated heterocycles. The van der Waals surface area contributed by atoms with Crippen molar-refractivity contribution in [2.24, 2.45) is 11.7 Å². The van der Waals surface area contributed by atoms with Gasteiger partial charge in [-0.05, 0) is 12.5 Å². The van der Waals surface area contributed by atoms with Crippen LogP contribution >= 0.6 is 0 Å². The smallest absolute Gasteiger partial charge is 0.191 e. The van der Waals surface area contributed by atoms with E-state index in [1.165, 1.54) is 21.3 Å². The van der Waals surface area contributed by atoms with Crippen LogP contribution in [-0.4, -0.2) is 33.3 Å². The number of hydrogen-bond donors (Lipinski definition) is 1. The van der Waals surface area contributed by atoms with E-state index in [9.17, 15) is 4.79 Å². The van der Waals surface area contributed by atoms with Gasteiger partial charge >= 0.3 is 0 Å². The Balaban J connectivity index is 3.35. The molecular formula is C11H17NO4. The number of rotatable bonds is 4. The van der Waals surface area contributed by atoms with Gasteiger partial charge in [0, 0.05) is 7.11 Å². The first-order valence-electron chi connectivity index (χ1n) is 4.86. The van der Waals surface area contributed by atoms with Crippen LogP contribution in [0.5, 0.6) is 0 Å². The molecule has 0 aromatic heterocycles. The molecule has 0 spiro atoms. The summed E-state index contributed by atoms with van der Waals surface area (Å²) >= 11 is 0. The van der Waals surface area contributed by atoms with Gasteiger partial charge < -0.3 is 19.0 Å². The third-order valence-electron chi connectivity index (χ3n) is 2.74. The first kappa shape index (κ1) is 12.7. The van der Waals surface area contributed by atoms with E-state index in [0.717, 1.165) is 11.9 Å². The number of methoxy groups -OCH3 is 3. The number of allylic oxidation sites excluding steroid dienone is 1. The second-order valence-corrected chi connectivity index (χ2v) is 3.58. The fourth-order valence-electron chi connectivity index (χ4n) is 1.85. The van der Waals surface area contributed by atoms with Crippen LogP contribution in [-0.2, 0) is 19.0 Å². The summed E-state index contributed by atoms with van der Waals surface area (Å²) in [5, 5.41) is 0. The average molecular weight is 227 g/mol. The molecule has 1 aliphatic rings. The first-order chi connectivity index (χ1) is 7.54. The molecule has 16 heavy (non-hydrogen) atoms. The van der Waals surface area contributed by atoms with Crippen LogP contribution < -0.4 is 5.73 Å². The maximum atomic E-state index is 11.0. The topological polar surface area (TPSA) is 70.8 Å². The molecule has 2 unspecified atom stereocenters. The quantitative estimate of drug-likeness (QED) is 0.561. The molecule has 1 aliphatic carbocycles. The van der Waals surface area contributed by atoms with Crippen molar-refractivity contribution in [1.29, 1.82) is 0 Å². The summed E-state index contributed by atoms with van der Waals surface area (Å²) < 4.78 is 15.6. The highest BCUT2D eigenvalue weighted by atomic mass is 16.6. The molecule has 2 atom stereocenters. The third-order valence-corrected chi connectivity index (χ3v) is 2.74. The largest absolute Gasteiger partial charge is 0.493 e. The molecule has 0 aromatic carbocycles. The van der Waals surface area contributed by atoms with Gasteiger partial charge in [0.1, 0.15) is 6.29 Å². The number of ether oxygens (including phenoxy) is 3. The maximum Gasteiger partial charge on any atom is 0.191 e. The summed E-state index contributed by atoms with van der Waals surface area (Å²) in [7, 11) is 4.41. The van der Waals surface area contributed by atoms with Crippen molar-refractivity contribution < 1.29 is 19.0 Å². The first-order valence-corrected chi connectivity index (χ1v) is 4.86. The lowest BCUT2D eigenvalue weighted by molar-refractivity contribution is -0.120. The zero-order valence-electron chi connectivity index (χ0n) is 9.94. The Kier molecular flexibility index (Phi) is 3.72. The minimum atomic E-state index is -1.30. The second kappa shape index (κ2) is 4.67. The van der Waals surface area contributed by atoms with Crippen LogP contribution in [0.15, 0.2) is 23.2 Å². The predicted molar refractivity (Wildman–Crippen MR) is 58.3 cm³/mol. The Labute approximate surface area is 94.8 Å². The monoisotopic (exact) mass is 227 g/mol. The molecule has 0 fully saturated rings. The van der Waals surface area contributed by atoms with E-state index in [1.54, 1.807) is 6.08 Å². The average Bonchev–Trinajstić information content (AvgIpc) is 2.30. The Morgan fingerprint density at radius 1 is 1.38 bits per heavy atom. The lowest BCUT2D eigenvalue weighted by Gasteiger charge is -2.36. The summed E-state index contributed by atoms with van der Waals surface area (Å²) in [5.74, 6) is 0.242. The van der Waals surface area contributed by atoms with Crippen LogP contribution in [0.3, 0.4) is 0 Å². The van der Waals surface area contributed by atoms with E-state index in [2.05, 4.69) is 0 Å². The van der Waals surface area contributed by atoms with Crippen molar-refractivity contribution in [2.45, 2.75) is 12.6 Å². The Morgan fingerprint density at radius 3 is 2.38 bits per heavy atom. The van der Waals surface area contributed by atoms with Crippen molar-refractivity contribution in [3.05, 3.63) is 23.2 Å². The van der Waals surface area contributed by atoms with Crippen LogP contribution in [0.4, 0.5) is 0 Å². The normalized spacial score (nSPS) is 29.8. The molecule has 0 aliphatic heterocycles. The van der Waals surface area contributed by atoms with Gasteiger partial charge in [-0.25, -0.2) is 0 Å². The van der Waals surface area contributed by atoms with Crippen molar-refractivity contribution >= 4 is 6.29 Å². The molecule has 0 amide bonds. The van der Waals surface area contributed by atoms with Gasteiger partial charge in [-0.1, -0.05) is 6.08 Å². The molecule has 0 saturated carbocycles. The van der Waals surface area contributed by atoms with Crippen LogP contribution in [0.25, 0.3) is 0 Å². The molecule has 0 heterocycles. The van der Waals surface area contributed by atoms with Crippen LogP contribution in [0.1, 0.15) is 6.92 Å². The van der Waals surface area contributed by atoms with Gasteiger partial charge in [-0.15, -0.1) is 0 Å². The fourth-order valence-corrected chi connectivity index (χ4v) is 1.85. The summed E-state index contributed by atoms with van der Waals surface area (Å²) in [5.41, 5.74) is 5.53. The van der Waals surface area contributed by atoms with Gasteiger partial charge in [-0.2, -0.15) is 0 Å². The lowest BCUT2D eigenvalue weighted by atomic mass is 9.87. The maximum absolute atomic E-state index is 11.0. The highest BCUT2D eigenvalue weighted by Crippen LogP contribution is 2.35. The van der Waals surface area contributed by atoms with E-state index in [0.29, 0.717) is 11.5 Å². The molecule has 0 radical (unpaired) electrons. The Morgan fingerprint density at radius 2 is 2.00 bits per heavy atom. The van der Waals surface area contributed by atoms with E-state index in [1.807, 2.05) is 6.92 Å². The van der Waals surface area contributed by atoms with Crippen molar-refractivity contribution in [3.63, 3.8) is 0 Å². The number of aldehydes is 1. The van der Waals surface area contributed by atoms with E-state index in [4.69, 9.17) is 19.9 Å². The van der Waals surface area contributed by atoms with Crippen LogP contribution in [0, 0.1) is 5.92 Å². The molecule has 0 aromatic rings. The zero-order valence-corrected chi connectivity index (χ0v) is 9.94. The van der Waals surface area contributed by atoms with E-state index < -0.39 is 11.6 Å². The molecular weight excluding hydrogens is 210 g/mol. The van der Waals surface area contributed by atoms with E-state index >= 15 is 0 Å². The molecule has 2 N–H and O–H groups in total. The molecule has 1 rings (SSSR count). The van der Waals surface area contributed by atoms with Gasteiger partial charge in [0.25, 0.3) is 0 Å². The van der Waals surface area contributed by atoms with Gasteiger partial charge in [0.2, 0.25) is 0 Å². The minimum absolute atomic E-state index is 0.328. The number of nitrogens with two attached hydrogens (primary N) is 1. The van der Waals surface area contributed by atoms with Crippen molar-refractivity contribution in [2.75, 3.05) is 21.3 Å². The van der Waals surface area contributed by atoms with E-state index in [-0.39, 0.29) is 0 Å². The van der Waals surface area contributed by atoms with Gasteiger partial charge in [-0.3, -0.25) is 5.73 Å². The molecule has 5 heteroatoms. The zero-order chi connectivity index (χ0) is 12.3. The summed E-state index contributed by atoms with van der Waals surface area (Å²) in [6.45, 7) is 1.82. The second-order valence-electron chi connectivity index (χ2n) is 3.58. The summed E-state index contributed by atoms with van der Waals surface area (Å²) in [6.07, 6.45) is 2.44. The van der Waals surface area contributed by atoms with Crippen LogP contribution in [0.2, 0.25) is 0 Å². The Bertz CT molecular complexity index is 348.